The van der Waals surface area contributed by atoms with Crippen LogP contribution in [0.2, 0.25) is 0 Å². The molecule has 0 radical (unpaired) electrons. The Morgan fingerprint density at radius 1 is 1.25 bits per heavy atom. The van der Waals surface area contributed by atoms with E-state index >= 15 is 0 Å². The highest BCUT2D eigenvalue weighted by atomic mass is 32.2. The number of hydrogen-bond donors (Lipinski definition) is 4. The second-order valence-electron chi connectivity index (χ2n) is 12.1. The zero-order chi connectivity index (χ0) is 27.4. The molecule has 3 rings (SSSR count). The van der Waals surface area contributed by atoms with E-state index in [1.54, 1.807) is 20.8 Å². The van der Waals surface area contributed by atoms with E-state index < -0.39 is 57.4 Å². The Bertz CT molecular complexity index is 1040. The van der Waals surface area contributed by atoms with E-state index in [1.807, 2.05) is 13.8 Å². The van der Waals surface area contributed by atoms with Gasteiger partial charge in [-0.15, -0.1) is 0 Å². The first-order valence-corrected chi connectivity index (χ1v) is 13.7. The van der Waals surface area contributed by atoms with Crippen LogP contribution in [0.1, 0.15) is 47.5 Å². The summed E-state index contributed by atoms with van der Waals surface area (Å²) in [5, 5.41) is 5.40. The first kappa shape index (κ1) is 28.3. The molecule has 0 aromatic carbocycles. The second kappa shape index (κ2) is 9.56. The zero-order valence-electron chi connectivity index (χ0n) is 22.1. The predicted molar refractivity (Wildman–Crippen MR) is 132 cm³/mol. The fourth-order valence-electron chi connectivity index (χ4n) is 5.49. The number of nitrogens with two attached hydrogens (primary N) is 1. The third kappa shape index (κ3) is 5.37. The highest BCUT2D eigenvalue weighted by Gasteiger charge is 2.70. The van der Waals surface area contributed by atoms with Gasteiger partial charge >= 0.3 is 0 Å². The highest BCUT2D eigenvalue weighted by molar-refractivity contribution is 7.87. The van der Waals surface area contributed by atoms with Crippen LogP contribution < -0.4 is 21.1 Å². The topological polar surface area (TPSA) is 171 Å². The molecule has 3 aliphatic rings. The molecule has 1 aliphatic carbocycles. The molecule has 2 saturated heterocycles. The van der Waals surface area contributed by atoms with Crippen molar-refractivity contribution in [1.82, 2.24) is 24.6 Å². The number of fused-ring (bicyclic) bond motifs is 1. The number of carbonyl (C=O) groups excluding carboxylic acids is 4. The number of carbonyl (C=O) groups is 4. The number of amides is 4. The van der Waals surface area contributed by atoms with Crippen molar-refractivity contribution in [3.63, 3.8) is 0 Å². The fourth-order valence-corrected chi connectivity index (χ4v) is 6.45. The minimum absolute atomic E-state index is 0.0657. The summed E-state index contributed by atoms with van der Waals surface area (Å²) in [4.78, 5) is 52.9. The number of nitrogens with zero attached hydrogens (tertiary/aromatic N) is 2. The molecular weight excluding hydrogens is 488 g/mol. The normalized spacial score (nSPS) is 28.9. The summed E-state index contributed by atoms with van der Waals surface area (Å²) < 4.78 is 28.7. The number of primary amides is 1. The van der Waals surface area contributed by atoms with Crippen LogP contribution in [0.25, 0.3) is 0 Å². The number of hydrogen-bond acceptors (Lipinski definition) is 6. The molecule has 2 heterocycles. The van der Waals surface area contributed by atoms with Crippen molar-refractivity contribution >= 4 is 33.8 Å². The average molecular weight is 529 g/mol. The van der Waals surface area contributed by atoms with E-state index in [1.165, 1.54) is 19.0 Å². The lowest BCUT2D eigenvalue weighted by molar-refractivity contribution is -0.144. The van der Waals surface area contributed by atoms with Gasteiger partial charge in [0.15, 0.2) is 0 Å². The van der Waals surface area contributed by atoms with Gasteiger partial charge in [-0.2, -0.15) is 17.4 Å². The SMILES string of the molecule is CN(C)S(=O)(=O)NC(C(=O)N1C[C@H]2[C@@H]([C@H]1C(=O)NC(CC1CCNC1=O)C(N)=O)C2(C)C)C(C)(C)C. The van der Waals surface area contributed by atoms with Crippen molar-refractivity contribution in [3.05, 3.63) is 0 Å². The van der Waals surface area contributed by atoms with E-state index in [0.717, 1.165) is 4.31 Å². The Balaban J connectivity index is 1.85. The number of rotatable bonds is 9. The monoisotopic (exact) mass is 528 g/mol. The fraction of sp³-hybridized carbons (Fsp3) is 0.826. The summed E-state index contributed by atoms with van der Waals surface area (Å²) in [6, 6.07) is -3.06. The van der Waals surface area contributed by atoms with E-state index in [9.17, 15) is 27.6 Å². The summed E-state index contributed by atoms with van der Waals surface area (Å²) in [5.41, 5.74) is 4.59. The molecular formula is C23H40N6O6S. The molecule has 13 heteroatoms. The van der Waals surface area contributed by atoms with Crippen molar-refractivity contribution < 1.29 is 27.6 Å². The van der Waals surface area contributed by atoms with Gasteiger partial charge in [-0.25, -0.2) is 0 Å². The number of likely N-dealkylation sites (tertiary alicyclic amines) is 1. The maximum atomic E-state index is 13.8. The van der Waals surface area contributed by atoms with Crippen LogP contribution in [0, 0.1) is 28.6 Å². The smallest absolute Gasteiger partial charge is 0.279 e. The van der Waals surface area contributed by atoms with Crippen LogP contribution in [0.3, 0.4) is 0 Å². The summed E-state index contributed by atoms with van der Waals surface area (Å²) >= 11 is 0. The molecule has 6 atom stereocenters. The van der Waals surface area contributed by atoms with Gasteiger partial charge in [0, 0.05) is 33.1 Å². The molecule has 3 unspecified atom stereocenters. The molecule has 204 valence electrons. The molecule has 5 N–H and O–H groups in total. The van der Waals surface area contributed by atoms with Gasteiger partial charge in [-0.1, -0.05) is 34.6 Å². The molecule has 0 aromatic rings. The average Bonchev–Trinajstić information content (AvgIpc) is 3.09. The summed E-state index contributed by atoms with van der Waals surface area (Å²) in [7, 11) is -1.20. The van der Waals surface area contributed by atoms with Crippen LogP contribution in [0.5, 0.6) is 0 Å². The Morgan fingerprint density at radius 3 is 2.33 bits per heavy atom. The lowest BCUT2D eigenvalue weighted by Crippen LogP contribution is -2.61. The van der Waals surface area contributed by atoms with Crippen LogP contribution in [-0.2, 0) is 29.4 Å². The van der Waals surface area contributed by atoms with Crippen molar-refractivity contribution in [2.24, 2.45) is 34.3 Å². The first-order chi connectivity index (χ1) is 16.4. The van der Waals surface area contributed by atoms with Crippen molar-refractivity contribution in [2.45, 2.75) is 65.6 Å². The van der Waals surface area contributed by atoms with Gasteiger partial charge in [0.2, 0.25) is 23.6 Å². The molecule has 1 saturated carbocycles. The van der Waals surface area contributed by atoms with Crippen molar-refractivity contribution in [2.75, 3.05) is 27.2 Å². The van der Waals surface area contributed by atoms with Gasteiger partial charge in [0.05, 0.1) is 0 Å². The molecule has 0 bridgehead atoms. The third-order valence-electron chi connectivity index (χ3n) is 7.96. The Morgan fingerprint density at radius 2 is 1.86 bits per heavy atom. The van der Waals surface area contributed by atoms with E-state index in [0.29, 0.717) is 19.5 Å². The van der Waals surface area contributed by atoms with Crippen molar-refractivity contribution in [3.8, 4) is 0 Å². The lowest BCUT2D eigenvalue weighted by atomic mass is 9.86. The van der Waals surface area contributed by atoms with E-state index in [-0.39, 0.29) is 29.6 Å². The highest BCUT2D eigenvalue weighted by Crippen LogP contribution is 2.65. The Kier molecular flexibility index (Phi) is 7.53. The molecule has 36 heavy (non-hydrogen) atoms. The standard InChI is InChI=1S/C23H40N6O6S/c1-22(2,3)17(27-36(34,35)28(6)7)21(33)29-11-13-15(23(13,4)5)16(29)20(32)26-14(18(24)30)10-12-8-9-25-19(12)31/h12-17,27H,8-11H2,1-7H3,(H2,24,30)(H,25,31)(H,26,32)/t12?,13-,14?,15-,16-,17?/m0/s1. The summed E-state index contributed by atoms with van der Waals surface area (Å²) in [6.45, 7) is 10.1. The van der Waals surface area contributed by atoms with Gasteiger partial charge in [0.1, 0.15) is 18.1 Å². The predicted octanol–water partition coefficient (Wildman–Crippen LogP) is -1.22. The minimum Gasteiger partial charge on any atom is -0.368 e. The Hall–Kier alpha value is -2.25. The van der Waals surface area contributed by atoms with Gasteiger partial charge < -0.3 is 21.3 Å². The molecule has 3 fully saturated rings. The maximum absolute atomic E-state index is 13.8. The van der Waals surface area contributed by atoms with Crippen LogP contribution in [-0.4, -0.2) is 86.6 Å². The van der Waals surface area contributed by atoms with Crippen LogP contribution in [0.4, 0.5) is 0 Å². The molecule has 4 amide bonds. The molecule has 0 spiro atoms. The maximum Gasteiger partial charge on any atom is 0.279 e. The Labute approximate surface area is 213 Å². The van der Waals surface area contributed by atoms with E-state index in [4.69, 9.17) is 5.73 Å². The second-order valence-corrected chi connectivity index (χ2v) is 14.0. The number of nitrogens with one attached hydrogen (secondary N) is 3. The third-order valence-corrected chi connectivity index (χ3v) is 9.46. The number of piperidine rings is 1. The lowest BCUT2D eigenvalue weighted by Gasteiger charge is -2.38. The van der Waals surface area contributed by atoms with Crippen LogP contribution >= 0.6 is 0 Å². The molecule has 2 aliphatic heterocycles. The van der Waals surface area contributed by atoms with E-state index in [2.05, 4.69) is 15.4 Å². The summed E-state index contributed by atoms with van der Waals surface area (Å²) in [6.07, 6.45) is 0.627. The molecule has 0 aromatic heterocycles. The van der Waals surface area contributed by atoms with Crippen LogP contribution in [0.15, 0.2) is 0 Å². The van der Waals surface area contributed by atoms with Crippen molar-refractivity contribution in [1.29, 1.82) is 0 Å². The quantitative estimate of drug-likeness (QED) is 0.292. The summed E-state index contributed by atoms with van der Waals surface area (Å²) in [5.74, 6) is -2.46. The van der Waals surface area contributed by atoms with Gasteiger partial charge in [-0.05, 0) is 35.5 Å². The van der Waals surface area contributed by atoms with Gasteiger partial charge in [0.25, 0.3) is 10.2 Å². The largest absolute Gasteiger partial charge is 0.368 e. The first-order valence-electron chi connectivity index (χ1n) is 12.3. The minimum atomic E-state index is -3.93. The zero-order valence-corrected chi connectivity index (χ0v) is 22.9. The van der Waals surface area contributed by atoms with Gasteiger partial charge in [-0.3, -0.25) is 19.2 Å². The molecule has 12 nitrogen and oxygen atoms in total.